The average molecular weight is 388 g/mol. The number of nitrogens with one attached hydrogen (secondary N) is 1. The Bertz CT molecular complexity index is 1250. The molecule has 0 atom stereocenters. The van der Waals surface area contributed by atoms with Gasteiger partial charge in [-0.3, -0.25) is 9.59 Å². The van der Waals surface area contributed by atoms with Crippen molar-refractivity contribution in [2.75, 3.05) is 6.54 Å². The minimum Gasteiger partial charge on any atom is -0.355 e. The number of benzene rings is 2. The Balaban J connectivity index is 1.88. The van der Waals surface area contributed by atoms with Gasteiger partial charge in [-0.1, -0.05) is 49.4 Å². The quantitative estimate of drug-likeness (QED) is 0.551. The molecule has 148 valence electrons. The number of rotatable bonds is 6. The maximum atomic E-state index is 13.3. The number of nitrogens with zero attached hydrogens (tertiary/aromatic N) is 3. The molecule has 6 nitrogen and oxygen atoms in total. The molecular formula is C23H24N4O2. The Hall–Kier alpha value is -3.41. The van der Waals surface area contributed by atoms with Crippen LogP contribution in [0.2, 0.25) is 0 Å². The molecular weight excluding hydrogens is 364 g/mol. The van der Waals surface area contributed by atoms with Gasteiger partial charge in [0.05, 0.1) is 6.20 Å². The molecule has 6 heteroatoms. The minimum absolute atomic E-state index is 0.0827. The highest BCUT2D eigenvalue weighted by Crippen LogP contribution is 2.27. The molecule has 0 bridgehead atoms. The van der Waals surface area contributed by atoms with Crippen molar-refractivity contribution < 1.29 is 4.79 Å². The van der Waals surface area contributed by atoms with Crippen molar-refractivity contribution in [2.24, 2.45) is 0 Å². The lowest BCUT2D eigenvalue weighted by Crippen LogP contribution is -2.34. The SMILES string of the molecule is CCCNC(=O)Cn1ncc2c3ccccc3n(Cc3ccccc3C)c2c1=O. The molecule has 1 amide bonds. The van der Waals surface area contributed by atoms with E-state index in [0.29, 0.717) is 18.6 Å². The number of para-hydroxylation sites is 1. The second kappa shape index (κ2) is 7.91. The second-order valence-corrected chi connectivity index (χ2v) is 7.25. The zero-order valence-corrected chi connectivity index (χ0v) is 16.7. The van der Waals surface area contributed by atoms with E-state index in [1.807, 2.05) is 47.9 Å². The lowest BCUT2D eigenvalue weighted by Gasteiger charge is -2.11. The summed E-state index contributed by atoms with van der Waals surface area (Å²) in [4.78, 5) is 25.4. The number of carbonyl (C=O) groups excluding carboxylic acids is 1. The lowest BCUT2D eigenvalue weighted by atomic mass is 10.1. The molecule has 2 aromatic heterocycles. The molecule has 0 aliphatic rings. The molecule has 2 heterocycles. The van der Waals surface area contributed by atoms with Crippen molar-refractivity contribution in [3.63, 3.8) is 0 Å². The van der Waals surface area contributed by atoms with Crippen LogP contribution in [0.4, 0.5) is 0 Å². The van der Waals surface area contributed by atoms with E-state index < -0.39 is 0 Å². The molecule has 0 saturated heterocycles. The van der Waals surface area contributed by atoms with Crippen LogP contribution in [0, 0.1) is 6.92 Å². The summed E-state index contributed by atoms with van der Waals surface area (Å²) in [5.74, 6) is -0.206. The summed E-state index contributed by atoms with van der Waals surface area (Å²) in [6.07, 6.45) is 2.54. The van der Waals surface area contributed by atoms with Crippen molar-refractivity contribution >= 4 is 27.7 Å². The van der Waals surface area contributed by atoms with Gasteiger partial charge in [-0.05, 0) is 30.5 Å². The number of aryl methyl sites for hydroxylation is 1. The third-order valence-electron chi connectivity index (χ3n) is 5.23. The highest BCUT2D eigenvalue weighted by atomic mass is 16.2. The number of fused-ring (bicyclic) bond motifs is 3. The van der Waals surface area contributed by atoms with Crippen LogP contribution in [0.25, 0.3) is 21.8 Å². The summed E-state index contributed by atoms with van der Waals surface area (Å²) in [5, 5.41) is 8.87. The highest BCUT2D eigenvalue weighted by molar-refractivity contribution is 6.07. The monoisotopic (exact) mass is 388 g/mol. The Morgan fingerprint density at radius 1 is 1.07 bits per heavy atom. The van der Waals surface area contributed by atoms with E-state index in [9.17, 15) is 9.59 Å². The van der Waals surface area contributed by atoms with Gasteiger partial charge in [0.25, 0.3) is 5.56 Å². The van der Waals surface area contributed by atoms with Gasteiger partial charge in [0.1, 0.15) is 12.1 Å². The molecule has 1 N–H and O–H groups in total. The molecule has 0 fully saturated rings. The fourth-order valence-electron chi connectivity index (χ4n) is 3.68. The smallest absolute Gasteiger partial charge is 0.291 e. The summed E-state index contributed by atoms with van der Waals surface area (Å²) < 4.78 is 3.29. The van der Waals surface area contributed by atoms with Gasteiger partial charge >= 0.3 is 0 Å². The van der Waals surface area contributed by atoms with Crippen molar-refractivity contribution in [2.45, 2.75) is 33.4 Å². The van der Waals surface area contributed by atoms with Crippen molar-refractivity contribution in [1.29, 1.82) is 0 Å². The van der Waals surface area contributed by atoms with Gasteiger partial charge in [-0.15, -0.1) is 0 Å². The van der Waals surface area contributed by atoms with Crippen LogP contribution >= 0.6 is 0 Å². The summed E-state index contributed by atoms with van der Waals surface area (Å²) in [7, 11) is 0. The normalized spacial score (nSPS) is 11.2. The predicted octanol–water partition coefficient (Wildman–Crippen LogP) is 3.23. The molecule has 0 saturated carbocycles. The van der Waals surface area contributed by atoms with E-state index in [1.165, 1.54) is 10.2 Å². The standard InChI is InChI=1S/C23H24N4O2/c1-3-12-24-21(28)15-27-23(29)22-19(13-25-27)18-10-6-7-11-20(18)26(22)14-17-9-5-4-8-16(17)2/h4-11,13H,3,12,14-15H2,1-2H3,(H,24,28). The van der Waals surface area contributed by atoms with Crippen LogP contribution in [-0.4, -0.2) is 26.8 Å². The summed E-state index contributed by atoms with van der Waals surface area (Å²) in [6, 6.07) is 16.1. The lowest BCUT2D eigenvalue weighted by molar-refractivity contribution is -0.121. The minimum atomic E-state index is -0.251. The van der Waals surface area contributed by atoms with Crippen molar-refractivity contribution in [3.05, 3.63) is 76.2 Å². The third-order valence-corrected chi connectivity index (χ3v) is 5.23. The van der Waals surface area contributed by atoms with Gasteiger partial charge < -0.3 is 9.88 Å². The van der Waals surface area contributed by atoms with E-state index >= 15 is 0 Å². The number of carbonyl (C=O) groups is 1. The van der Waals surface area contributed by atoms with Crippen LogP contribution in [0.15, 0.2) is 59.5 Å². The number of amides is 1. The second-order valence-electron chi connectivity index (χ2n) is 7.25. The Labute approximate surface area is 168 Å². The molecule has 0 radical (unpaired) electrons. The molecule has 29 heavy (non-hydrogen) atoms. The zero-order chi connectivity index (χ0) is 20.4. The summed E-state index contributed by atoms with van der Waals surface area (Å²) in [5.41, 5.74) is 3.63. The highest BCUT2D eigenvalue weighted by Gasteiger charge is 2.17. The van der Waals surface area contributed by atoms with Crippen molar-refractivity contribution in [3.8, 4) is 0 Å². The summed E-state index contributed by atoms with van der Waals surface area (Å²) in [6.45, 7) is 5.14. The van der Waals surface area contributed by atoms with Crippen molar-refractivity contribution in [1.82, 2.24) is 19.7 Å². The number of hydrogen-bond acceptors (Lipinski definition) is 3. The molecule has 0 spiro atoms. The molecule has 2 aromatic carbocycles. The van der Waals surface area contributed by atoms with Gasteiger partial charge in [-0.2, -0.15) is 5.10 Å². The summed E-state index contributed by atoms with van der Waals surface area (Å²) >= 11 is 0. The van der Waals surface area contributed by atoms with Gasteiger partial charge in [0.2, 0.25) is 5.91 Å². The first-order valence-corrected chi connectivity index (χ1v) is 9.88. The fraction of sp³-hybridized carbons (Fsp3) is 0.261. The fourth-order valence-corrected chi connectivity index (χ4v) is 3.68. The maximum Gasteiger partial charge on any atom is 0.291 e. The maximum absolute atomic E-state index is 13.3. The molecule has 0 aliphatic carbocycles. The zero-order valence-electron chi connectivity index (χ0n) is 16.7. The largest absolute Gasteiger partial charge is 0.355 e. The van der Waals surface area contributed by atoms with Gasteiger partial charge in [0, 0.05) is 29.4 Å². The van der Waals surface area contributed by atoms with Crippen LogP contribution in [0.5, 0.6) is 0 Å². The van der Waals surface area contributed by atoms with Crippen LogP contribution in [-0.2, 0) is 17.9 Å². The number of aromatic nitrogens is 3. The Morgan fingerprint density at radius 2 is 1.83 bits per heavy atom. The van der Waals surface area contributed by atoms with E-state index in [0.717, 1.165) is 28.3 Å². The van der Waals surface area contributed by atoms with E-state index in [1.54, 1.807) is 6.20 Å². The van der Waals surface area contributed by atoms with Crippen LogP contribution in [0.1, 0.15) is 24.5 Å². The Morgan fingerprint density at radius 3 is 2.62 bits per heavy atom. The first-order valence-electron chi connectivity index (χ1n) is 9.88. The molecule has 4 aromatic rings. The molecule has 0 unspecified atom stereocenters. The van der Waals surface area contributed by atoms with Gasteiger partial charge in [0.15, 0.2) is 0 Å². The van der Waals surface area contributed by atoms with Crippen LogP contribution < -0.4 is 10.9 Å². The first kappa shape index (κ1) is 18.9. The first-order chi connectivity index (χ1) is 14.1. The Kier molecular flexibility index (Phi) is 5.16. The predicted molar refractivity (Wildman–Crippen MR) is 115 cm³/mol. The van der Waals surface area contributed by atoms with E-state index in [2.05, 4.69) is 29.5 Å². The van der Waals surface area contributed by atoms with E-state index in [-0.39, 0.29) is 18.0 Å². The molecule has 4 rings (SSSR count). The average Bonchev–Trinajstić information content (AvgIpc) is 3.05. The van der Waals surface area contributed by atoms with Gasteiger partial charge in [-0.25, -0.2) is 4.68 Å². The molecule has 0 aliphatic heterocycles. The van der Waals surface area contributed by atoms with E-state index in [4.69, 9.17) is 0 Å². The van der Waals surface area contributed by atoms with Crippen LogP contribution in [0.3, 0.4) is 0 Å². The number of hydrogen-bond donors (Lipinski definition) is 1. The third kappa shape index (κ3) is 3.53. The topological polar surface area (TPSA) is 68.9 Å².